The van der Waals surface area contributed by atoms with Crippen LogP contribution in [0.4, 0.5) is 10.5 Å². The highest BCUT2D eigenvalue weighted by atomic mass is 32.2. The van der Waals surface area contributed by atoms with Crippen LogP contribution in [0.1, 0.15) is 20.8 Å². The van der Waals surface area contributed by atoms with Crippen LogP contribution in [0, 0.1) is 0 Å². The van der Waals surface area contributed by atoms with Crippen LogP contribution in [-0.4, -0.2) is 54.0 Å². The van der Waals surface area contributed by atoms with E-state index in [1.165, 1.54) is 32.4 Å². The highest BCUT2D eigenvalue weighted by molar-refractivity contribution is 7.91. The maximum atomic E-state index is 12.7. The highest BCUT2D eigenvalue weighted by Crippen LogP contribution is 2.33. The number of hydrogen-bond donors (Lipinski definition) is 1. The zero-order valence-electron chi connectivity index (χ0n) is 16.1. The molecule has 0 bridgehead atoms. The maximum absolute atomic E-state index is 12.7. The molecule has 10 nitrogen and oxygen atoms in total. The first-order valence-electron chi connectivity index (χ1n) is 7.76. The standard InChI is InChI=1S/C16H24N2O8S/c1-16(2,3)26-15(20)17-27(21,22)18(10-14(19)25-6)12-8-7-11(23-4)9-13(12)24-5/h7-9H,10H2,1-6H3,(H,17,20). The Morgan fingerprint density at radius 1 is 1.11 bits per heavy atom. The van der Waals surface area contributed by atoms with Gasteiger partial charge in [-0.3, -0.25) is 4.79 Å². The van der Waals surface area contributed by atoms with Crippen molar-refractivity contribution in [3.8, 4) is 11.5 Å². The third-order valence-electron chi connectivity index (χ3n) is 3.06. The Kier molecular flexibility index (Phi) is 7.28. The number of methoxy groups -OCH3 is 3. The quantitative estimate of drug-likeness (QED) is 0.678. The van der Waals surface area contributed by atoms with Gasteiger partial charge in [0.15, 0.2) is 0 Å². The number of amides is 1. The van der Waals surface area contributed by atoms with E-state index in [4.69, 9.17) is 14.2 Å². The molecule has 0 heterocycles. The van der Waals surface area contributed by atoms with Gasteiger partial charge in [-0.1, -0.05) is 0 Å². The summed E-state index contributed by atoms with van der Waals surface area (Å²) < 4.78 is 47.6. The van der Waals surface area contributed by atoms with Gasteiger partial charge in [0, 0.05) is 6.07 Å². The molecule has 0 aliphatic carbocycles. The second-order valence-electron chi connectivity index (χ2n) is 6.23. The van der Waals surface area contributed by atoms with Crippen molar-refractivity contribution in [2.75, 3.05) is 32.2 Å². The van der Waals surface area contributed by atoms with Crippen molar-refractivity contribution in [3.63, 3.8) is 0 Å². The molecule has 0 saturated carbocycles. The van der Waals surface area contributed by atoms with E-state index in [-0.39, 0.29) is 11.4 Å². The molecule has 0 aliphatic heterocycles. The van der Waals surface area contributed by atoms with Crippen LogP contribution in [-0.2, 0) is 24.5 Å². The van der Waals surface area contributed by atoms with Crippen molar-refractivity contribution in [3.05, 3.63) is 18.2 Å². The van der Waals surface area contributed by atoms with Gasteiger partial charge in [0.1, 0.15) is 23.6 Å². The van der Waals surface area contributed by atoms with Gasteiger partial charge in [-0.2, -0.15) is 8.42 Å². The second kappa shape index (κ2) is 8.80. The molecular weight excluding hydrogens is 380 g/mol. The molecule has 0 aliphatic rings. The SMILES string of the molecule is COC(=O)CN(c1ccc(OC)cc1OC)S(=O)(=O)NC(=O)OC(C)(C)C. The molecule has 152 valence electrons. The number of benzene rings is 1. The molecule has 0 unspecified atom stereocenters. The van der Waals surface area contributed by atoms with Gasteiger partial charge in [0.25, 0.3) is 0 Å². The largest absolute Gasteiger partial charge is 0.497 e. The smallest absolute Gasteiger partial charge is 0.422 e. The average Bonchev–Trinajstić information content (AvgIpc) is 2.56. The van der Waals surface area contributed by atoms with Crippen molar-refractivity contribution in [2.24, 2.45) is 0 Å². The summed E-state index contributed by atoms with van der Waals surface area (Å²) >= 11 is 0. The fourth-order valence-electron chi connectivity index (χ4n) is 1.93. The van der Waals surface area contributed by atoms with E-state index < -0.39 is 34.4 Å². The number of carbonyl (C=O) groups excluding carboxylic acids is 2. The molecule has 0 spiro atoms. The van der Waals surface area contributed by atoms with Crippen LogP contribution in [0.5, 0.6) is 11.5 Å². The Labute approximate surface area is 158 Å². The van der Waals surface area contributed by atoms with Crippen molar-refractivity contribution in [1.29, 1.82) is 0 Å². The van der Waals surface area contributed by atoms with E-state index in [1.54, 1.807) is 25.5 Å². The molecular formula is C16H24N2O8S. The van der Waals surface area contributed by atoms with Gasteiger partial charge in [0.05, 0.1) is 27.0 Å². The van der Waals surface area contributed by atoms with Crippen molar-refractivity contribution >= 4 is 28.0 Å². The van der Waals surface area contributed by atoms with E-state index in [2.05, 4.69) is 4.74 Å². The van der Waals surface area contributed by atoms with Crippen LogP contribution in [0.3, 0.4) is 0 Å². The first kappa shape index (κ1) is 22.4. The minimum Gasteiger partial charge on any atom is -0.497 e. The van der Waals surface area contributed by atoms with Crippen molar-refractivity contribution in [1.82, 2.24) is 4.72 Å². The van der Waals surface area contributed by atoms with E-state index >= 15 is 0 Å². The zero-order valence-corrected chi connectivity index (χ0v) is 16.9. The topological polar surface area (TPSA) is 120 Å². The predicted octanol–water partition coefficient (Wildman–Crippen LogP) is 1.45. The molecule has 0 saturated heterocycles. The third-order valence-corrected chi connectivity index (χ3v) is 4.39. The van der Waals surface area contributed by atoms with Crippen molar-refractivity contribution < 1.29 is 37.0 Å². The molecule has 1 amide bonds. The summed E-state index contributed by atoms with van der Waals surface area (Å²) in [6.07, 6.45) is -1.19. The molecule has 1 rings (SSSR count). The Balaban J connectivity index is 3.32. The number of hydrogen-bond acceptors (Lipinski definition) is 8. The molecule has 1 aromatic carbocycles. The normalized spacial score (nSPS) is 11.3. The number of anilines is 1. The Morgan fingerprint density at radius 2 is 1.74 bits per heavy atom. The number of ether oxygens (including phenoxy) is 4. The summed E-state index contributed by atoms with van der Waals surface area (Å²) in [6.45, 7) is 4.05. The number of carbonyl (C=O) groups is 2. The average molecular weight is 404 g/mol. The molecule has 0 fully saturated rings. The lowest BCUT2D eigenvalue weighted by atomic mass is 10.2. The first-order valence-corrected chi connectivity index (χ1v) is 9.20. The highest BCUT2D eigenvalue weighted by Gasteiger charge is 2.31. The van der Waals surface area contributed by atoms with Crippen LogP contribution in [0.2, 0.25) is 0 Å². The van der Waals surface area contributed by atoms with Gasteiger partial charge in [-0.05, 0) is 32.9 Å². The lowest BCUT2D eigenvalue weighted by molar-refractivity contribution is -0.138. The van der Waals surface area contributed by atoms with Gasteiger partial charge < -0.3 is 18.9 Å². The maximum Gasteiger partial charge on any atom is 0.422 e. The molecule has 11 heteroatoms. The zero-order chi connectivity index (χ0) is 20.8. The Bertz CT molecular complexity index is 786. The van der Waals surface area contributed by atoms with E-state index in [0.29, 0.717) is 10.1 Å². The van der Waals surface area contributed by atoms with Crippen LogP contribution >= 0.6 is 0 Å². The number of nitrogens with zero attached hydrogens (tertiary/aromatic N) is 1. The molecule has 0 radical (unpaired) electrons. The fraction of sp³-hybridized carbons (Fsp3) is 0.500. The number of esters is 1. The summed E-state index contributed by atoms with van der Waals surface area (Å²) in [6, 6.07) is 4.28. The lowest BCUT2D eigenvalue weighted by Gasteiger charge is -2.26. The van der Waals surface area contributed by atoms with Gasteiger partial charge in [-0.15, -0.1) is 0 Å². The minimum absolute atomic E-state index is 0.000223. The molecule has 0 aromatic heterocycles. The Morgan fingerprint density at radius 3 is 2.22 bits per heavy atom. The number of nitrogens with one attached hydrogen (secondary N) is 1. The van der Waals surface area contributed by atoms with E-state index in [1.807, 2.05) is 0 Å². The molecule has 1 aromatic rings. The summed E-state index contributed by atoms with van der Waals surface area (Å²) in [5.41, 5.74) is -0.912. The van der Waals surface area contributed by atoms with E-state index in [0.717, 1.165) is 7.11 Å². The summed E-state index contributed by atoms with van der Waals surface area (Å²) in [4.78, 5) is 23.7. The number of rotatable bonds is 7. The molecule has 27 heavy (non-hydrogen) atoms. The van der Waals surface area contributed by atoms with Crippen LogP contribution in [0.15, 0.2) is 18.2 Å². The van der Waals surface area contributed by atoms with Gasteiger partial charge >= 0.3 is 22.3 Å². The van der Waals surface area contributed by atoms with E-state index in [9.17, 15) is 18.0 Å². The monoisotopic (exact) mass is 404 g/mol. The lowest BCUT2D eigenvalue weighted by Crippen LogP contribution is -2.47. The summed E-state index contributed by atoms with van der Waals surface area (Å²) in [7, 11) is -0.652. The summed E-state index contributed by atoms with van der Waals surface area (Å²) in [5, 5.41) is 0. The predicted molar refractivity (Wildman–Crippen MR) is 97.2 cm³/mol. The third kappa shape index (κ3) is 6.51. The Hall–Kier alpha value is -2.69. The van der Waals surface area contributed by atoms with Crippen molar-refractivity contribution in [2.45, 2.75) is 26.4 Å². The van der Waals surface area contributed by atoms with Crippen LogP contribution < -0.4 is 18.5 Å². The molecule has 1 N–H and O–H groups in total. The van der Waals surface area contributed by atoms with Crippen LogP contribution in [0.25, 0.3) is 0 Å². The van der Waals surface area contributed by atoms with Gasteiger partial charge in [0.2, 0.25) is 0 Å². The minimum atomic E-state index is -4.52. The summed E-state index contributed by atoms with van der Waals surface area (Å²) in [5.74, 6) is -0.332. The second-order valence-corrected chi connectivity index (χ2v) is 7.82. The molecule has 0 atom stereocenters. The van der Waals surface area contributed by atoms with Gasteiger partial charge in [-0.25, -0.2) is 13.8 Å². The fourth-order valence-corrected chi connectivity index (χ4v) is 2.98. The first-order chi connectivity index (χ1) is 12.4.